The van der Waals surface area contributed by atoms with Crippen LogP contribution < -0.4 is 10.6 Å². The Morgan fingerprint density at radius 2 is 1.76 bits per heavy atom. The van der Waals surface area contributed by atoms with Gasteiger partial charge in [0.05, 0.1) is 11.5 Å². The Bertz CT molecular complexity index is 715. The lowest BCUT2D eigenvalue weighted by atomic mass is 9.72. The summed E-state index contributed by atoms with van der Waals surface area (Å²) in [6.07, 6.45) is 0.316. The van der Waals surface area contributed by atoms with Crippen molar-refractivity contribution in [3.63, 3.8) is 0 Å². The summed E-state index contributed by atoms with van der Waals surface area (Å²) in [7, 11) is 0. The summed E-state index contributed by atoms with van der Waals surface area (Å²) in [5.41, 5.74) is 0.567. The van der Waals surface area contributed by atoms with Crippen molar-refractivity contribution >= 4 is 5.91 Å². The molecule has 1 aliphatic heterocycles. The molecule has 0 bridgehead atoms. The zero-order chi connectivity index (χ0) is 17.7. The molecule has 2 aromatic rings. The van der Waals surface area contributed by atoms with Crippen LogP contribution in [0.2, 0.25) is 0 Å². The molecule has 0 spiro atoms. The fourth-order valence-electron chi connectivity index (χ4n) is 3.47. The first-order valence-corrected chi connectivity index (χ1v) is 8.60. The van der Waals surface area contributed by atoms with Gasteiger partial charge >= 0.3 is 0 Å². The highest BCUT2D eigenvalue weighted by atomic mass is 19.1. The SMILES string of the molecule is O=C(NCC(O)c1ccccc1F)C1(c2ccccc2)CCNCC1. The maximum absolute atomic E-state index is 13.8. The number of aliphatic hydroxyl groups is 1. The molecule has 1 heterocycles. The fourth-order valence-corrected chi connectivity index (χ4v) is 3.47. The molecule has 2 aromatic carbocycles. The van der Waals surface area contributed by atoms with Gasteiger partial charge in [-0.1, -0.05) is 48.5 Å². The molecule has 1 aliphatic rings. The molecule has 0 aromatic heterocycles. The van der Waals surface area contributed by atoms with Crippen LogP contribution in [0.25, 0.3) is 0 Å². The number of carbonyl (C=O) groups is 1. The van der Waals surface area contributed by atoms with Gasteiger partial charge in [-0.15, -0.1) is 0 Å². The molecule has 0 aliphatic carbocycles. The molecule has 5 heteroatoms. The van der Waals surface area contributed by atoms with E-state index in [9.17, 15) is 14.3 Å². The Balaban J connectivity index is 1.74. The minimum atomic E-state index is -1.07. The van der Waals surface area contributed by atoms with Crippen LogP contribution in [0.4, 0.5) is 4.39 Å². The maximum Gasteiger partial charge on any atom is 0.230 e. The number of carbonyl (C=O) groups excluding carboxylic acids is 1. The van der Waals surface area contributed by atoms with Gasteiger partial charge < -0.3 is 15.7 Å². The summed E-state index contributed by atoms with van der Waals surface area (Å²) in [6.45, 7) is 1.51. The Labute approximate surface area is 147 Å². The average molecular weight is 342 g/mol. The van der Waals surface area contributed by atoms with Gasteiger partial charge in [0.1, 0.15) is 5.82 Å². The minimum absolute atomic E-state index is 0.0121. The van der Waals surface area contributed by atoms with E-state index >= 15 is 0 Å². The second kappa shape index (κ2) is 7.76. The zero-order valence-electron chi connectivity index (χ0n) is 14.0. The van der Waals surface area contributed by atoms with E-state index < -0.39 is 17.3 Å². The van der Waals surface area contributed by atoms with Gasteiger partial charge in [0.2, 0.25) is 5.91 Å². The number of aliphatic hydroxyl groups excluding tert-OH is 1. The van der Waals surface area contributed by atoms with E-state index in [0.717, 1.165) is 18.7 Å². The van der Waals surface area contributed by atoms with E-state index in [-0.39, 0.29) is 18.0 Å². The van der Waals surface area contributed by atoms with Crippen LogP contribution >= 0.6 is 0 Å². The molecule has 132 valence electrons. The highest BCUT2D eigenvalue weighted by Crippen LogP contribution is 2.34. The molecule has 0 saturated carbocycles. The molecule has 1 atom stereocenters. The first-order chi connectivity index (χ1) is 12.1. The third-order valence-corrected chi connectivity index (χ3v) is 4.94. The lowest BCUT2D eigenvalue weighted by Gasteiger charge is -2.37. The standard InChI is InChI=1S/C20H23FN2O2/c21-17-9-5-4-8-16(17)18(24)14-23-19(25)20(10-12-22-13-11-20)15-6-2-1-3-7-15/h1-9,18,22,24H,10-14H2,(H,23,25). The van der Waals surface area contributed by atoms with Crippen molar-refractivity contribution in [1.29, 1.82) is 0 Å². The summed E-state index contributed by atoms with van der Waals surface area (Å²) in [5, 5.41) is 16.4. The third-order valence-electron chi connectivity index (χ3n) is 4.94. The number of benzene rings is 2. The summed E-state index contributed by atoms with van der Waals surface area (Å²) >= 11 is 0. The third kappa shape index (κ3) is 3.72. The summed E-state index contributed by atoms with van der Waals surface area (Å²) in [4.78, 5) is 13.0. The van der Waals surface area contributed by atoms with Gasteiger partial charge in [-0.3, -0.25) is 4.79 Å². The first-order valence-electron chi connectivity index (χ1n) is 8.60. The van der Waals surface area contributed by atoms with Gasteiger partial charge in [0, 0.05) is 12.1 Å². The first kappa shape index (κ1) is 17.6. The van der Waals surface area contributed by atoms with E-state index in [0.29, 0.717) is 12.8 Å². The largest absolute Gasteiger partial charge is 0.386 e. The van der Waals surface area contributed by atoms with Crippen LogP contribution in [0, 0.1) is 5.82 Å². The molecule has 0 radical (unpaired) electrons. The van der Waals surface area contributed by atoms with Crippen molar-refractivity contribution in [3.05, 3.63) is 71.5 Å². The van der Waals surface area contributed by atoms with Crippen LogP contribution in [0.3, 0.4) is 0 Å². The number of rotatable bonds is 5. The second-order valence-corrected chi connectivity index (χ2v) is 6.45. The molecule has 4 nitrogen and oxygen atoms in total. The average Bonchev–Trinajstić information content (AvgIpc) is 2.67. The summed E-state index contributed by atoms with van der Waals surface area (Å²) < 4.78 is 13.8. The van der Waals surface area contributed by atoms with Gasteiger partial charge in [-0.05, 0) is 37.6 Å². The number of hydrogen-bond donors (Lipinski definition) is 3. The monoisotopic (exact) mass is 342 g/mol. The van der Waals surface area contributed by atoms with E-state index in [1.165, 1.54) is 12.1 Å². The summed E-state index contributed by atoms with van der Waals surface area (Å²) in [5.74, 6) is -0.584. The van der Waals surface area contributed by atoms with Crippen LogP contribution in [0.1, 0.15) is 30.1 Å². The van der Waals surface area contributed by atoms with Crippen molar-refractivity contribution in [2.24, 2.45) is 0 Å². The Morgan fingerprint density at radius 3 is 2.44 bits per heavy atom. The molecule has 1 amide bonds. The number of nitrogens with one attached hydrogen (secondary N) is 2. The minimum Gasteiger partial charge on any atom is -0.386 e. The van der Waals surface area contributed by atoms with Crippen LogP contribution in [-0.2, 0) is 10.2 Å². The van der Waals surface area contributed by atoms with Gasteiger partial charge in [-0.25, -0.2) is 4.39 Å². The van der Waals surface area contributed by atoms with E-state index in [1.54, 1.807) is 12.1 Å². The number of hydrogen-bond acceptors (Lipinski definition) is 3. The molecule has 1 fully saturated rings. The van der Waals surface area contributed by atoms with Crippen molar-refractivity contribution < 1.29 is 14.3 Å². The molecule has 25 heavy (non-hydrogen) atoms. The molecular formula is C20H23FN2O2. The topological polar surface area (TPSA) is 61.4 Å². The Morgan fingerprint density at radius 1 is 1.12 bits per heavy atom. The molecule has 1 unspecified atom stereocenters. The van der Waals surface area contributed by atoms with E-state index in [2.05, 4.69) is 10.6 Å². The number of amides is 1. The quantitative estimate of drug-likeness (QED) is 0.781. The predicted octanol–water partition coefficient (Wildman–Crippen LogP) is 2.30. The van der Waals surface area contributed by atoms with Crippen LogP contribution in [-0.4, -0.2) is 30.6 Å². The smallest absolute Gasteiger partial charge is 0.230 e. The Hall–Kier alpha value is -2.24. The predicted molar refractivity (Wildman–Crippen MR) is 94.6 cm³/mol. The van der Waals surface area contributed by atoms with Crippen molar-refractivity contribution in [3.8, 4) is 0 Å². The lowest BCUT2D eigenvalue weighted by Crippen LogP contribution is -2.51. The van der Waals surface area contributed by atoms with Crippen LogP contribution in [0.15, 0.2) is 54.6 Å². The number of piperidine rings is 1. The van der Waals surface area contributed by atoms with E-state index in [4.69, 9.17) is 0 Å². The van der Waals surface area contributed by atoms with Crippen molar-refractivity contribution in [1.82, 2.24) is 10.6 Å². The number of halogens is 1. The molecule has 1 saturated heterocycles. The second-order valence-electron chi connectivity index (χ2n) is 6.45. The van der Waals surface area contributed by atoms with Gasteiger partial charge in [0.15, 0.2) is 0 Å². The van der Waals surface area contributed by atoms with Gasteiger partial charge in [-0.2, -0.15) is 0 Å². The molecule has 3 rings (SSSR count). The molecular weight excluding hydrogens is 319 g/mol. The maximum atomic E-state index is 13.8. The fraction of sp³-hybridized carbons (Fsp3) is 0.350. The van der Waals surface area contributed by atoms with Gasteiger partial charge in [0.25, 0.3) is 0 Å². The summed E-state index contributed by atoms with van der Waals surface area (Å²) in [6, 6.07) is 15.8. The van der Waals surface area contributed by atoms with Crippen molar-refractivity contribution in [2.45, 2.75) is 24.4 Å². The highest BCUT2D eigenvalue weighted by molar-refractivity contribution is 5.88. The normalized spacial score (nSPS) is 17.7. The zero-order valence-corrected chi connectivity index (χ0v) is 14.0. The highest BCUT2D eigenvalue weighted by Gasteiger charge is 2.41. The lowest BCUT2D eigenvalue weighted by molar-refractivity contribution is -0.128. The molecule has 3 N–H and O–H groups in total. The van der Waals surface area contributed by atoms with E-state index in [1.807, 2.05) is 30.3 Å². The van der Waals surface area contributed by atoms with Crippen LogP contribution in [0.5, 0.6) is 0 Å². The Kier molecular flexibility index (Phi) is 5.46. The van der Waals surface area contributed by atoms with Crippen molar-refractivity contribution in [2.75, 3.05) is 19.6 Å².